The number of anilines is 1. The lowest BCUT2D eigenvalue weighted by molar-refractivity contribution is 0.396. The van der Waals surface area contributed by atoms with Gasteiger partial charge in [-0.3, -0.25) is 0 Å². The van der Waals surface area contributed by atoms with Gasteiger partial charge in [0.25, 0.3) is 0 Å². The number of pyridine rings is 1. The van der Waals surface area contributed by atoms with Crippen LogP contribution < -0.4 is 10.1 Å². The Morgan fingerprint density at radius 1 is 1.03 bits per heavy atom. The van der Waals surface area contributed by atoms with Gasteiger partial charge in [0.2, 0.25) is 5.88 Å². The summed E-state index contributed by atoms with van der Waals surface area (Å²) in [6, 6.07) is 12.1. The Kier molecular flexibility index (Phi) is 5.38. The molecule has 0 bridgehead atoms. The van der Waals surface area contributed by atoms with Crippen molar-refractivity contribution in [3.05, 3.63) is 77.6 Å². The monoisotopic (exact) mass is 404 g/mol. The van der Waals surface area contributed by atoms with Crippen molar-refractivity contribution in [2.45, 2.75) is 20.4 Å². The molecule has 3 aromatic heterocycles. The highest BCUT2D eigenvalue weighted by atomic mass is 19.1. The Morgan fingerprint density at radius 2 is 1.83 bits per heavy atom. The van der Waals surface area contributed by atoms with E-state index in [1.807, 2.05) is 42.8 Å². The van der Waals surface area contributed by atoms with Crippen molar-refractivity contribution in [3.8, 4) is 23.0 Å². The van der Waals surface area contributed by atoms with Crippen molar-refractivity contribution in [2.75, 3.05) is 12.4 Å². The number of aryl methyl sites for hydroxylation is 2. The molecule has 0 aliphatic heterocycles. The number of nitrogens with one attached hydrogen (secondary N) is 1. The third kappa shape index (κ3) is 4.12. The highest BCUT2D eigenvalue weighted by Crippen LogP contribution is 2.26. The average Bonchev–Trinajstić information content (AvgIpc) is 3.19. The zero-order valence-corrected chi connectivity index (χ0v) is 16.9. The molecule has 1 aromatic carbocycles. The van der Waals surface area contributed by atoms with E-state index in [2.05, 4.69) is 25.5 Å². The van der Waals surface area contributed by atoms with Gasteiger partial charge in [0.1, 0.15) is 17.2 Å². The molecular formula is C22H21FN6O. The zero-order valence-electron chi connectivity index (χ0n) is 16.9. The molecule has 0 atom stereocenters. The largest absolute Gasteiger partial charge is 0.479 e. The Hall–Kier alpha value is -3.81. The maximum absolute atomic E-state index is 13.0. The molecule has 4 rings (SSSR count). The van der Waals surface area contributed by atoms with Gasteiger partial charge < -0.3 is 14.6 Å². The normalized spacial score (nSPS) is 10.8. The van der Waals surface area contributed by atoms with Gasteiger partial charge in [0, 0.05) is 12.7 Å². The van der Waals surface area contributed by atoms with Crippen molar-refractivity contribution >= 4 is 5.82 Å². The van der Waals surface area contributed by atoms with Crippen LogP contribution in [-0.2, 0) is 6.54 Å². The lowest BCUT2D eigenvalue weighted by atomic mass is 10.2. The van der Waals surface area contributed by atoms with Crippen molar-refractivity contribution in [2.24, 2.45) is 0 Å². The van der Waals surface area contributed by atoms with Crippen LogP contribution in [0.5, 0.6) is 5.88 Å². The summed E-state index contributed by atoms with van der Waals surface area (Å²) in [5.41, 5.74) is 4.89. The van der Waals surface area contributed by atoms with Crippen LogP contribution in [0.15, 0.2) is 55.0 Å². The molecule has 0 unspecified atom stereocenters. The molecule has 0 fully saturated rings. The van der Waals surface area contributed by atoms with Crippen LogP contribution in [0.2, 0.25) is 0 Å². The molecule has 3 heterocycles. The first kappa shape index (κ1) is 19.5. The van der Waals surface area contributed by atoms with E-state index in [1.165, 1.54) is 12.1 Å². The number of imidazole rings is 1. The van der Waals surface area contributed by atoms with Crippen LogP contribution in [0.25, 0.3) is 17.1 Å². The zero-order chi connectivity index (χ0) is 21.1. The Balaban J connectivity index is 1.55. The van der Waals surface area contributed by atoms with Crippen LogP contribution in [0.1, 0.15) is 16.8 Å². The second kappa shape index (κ2) is 8.28. The van der Waals surface area contributed by atoms with Gasteiger partial charge in [0.05, 0.1) is 24.8 Å². The molecule has 4 aromatic rings. The first-order chi connectivity index (χ1) is 14.5. The summed E-state index contributed by atoms with van der Waals surface area (Å²) < 4.78 is 20.4. The van der Waals surface area contributed by atoms with E-state index in [9.17, 15) is 4.39 Å². The van der Waals surface area contributed by atoms with Gasteiger partial charge in [-0.25, -0.2) is 14.4 Å². The maximum Gasteiger partial charge on any atom is 0.238 e. The number of nitrogens with zero attached hydrogens (tertiary/aromatic N) is 5. The SMILES string of the molecule is COc1nc(-c2cc(C)c(NCc3ccc(F)cc3)nn2)ccc1-n1cnc(C)c1. The van der Waals surface area contributed by atoms with Crippen LogP contribution in [0, 0.1) is 19.7 Å². The van der Waals surface area contributed by atoms with E-state index >= 15 is 0 Å². The quantitative estimate of drug-likeness (QED) is 0.521. The smallest absolute Gasteiger partial charge is 0.238 e. The number of halogens is 1. The predicted octanol–water partition coefficient (Wildman–Crippen LogP) is 4.10. The fourth-order valence-corrected chi connectivity index (χ4v) is 3.05. The fourth-order valence-electron chi connectivity index (χ4n) is 3.05. The van der Waals surface area contributed by atoms with Gasteiger partial charge in [-0.2, -0.15) is 0 Å². The molecule has 0 radical (unpaired) electrons. The van der Waals surface area contributed by atoms with Gasteiger partial charge in [-0.15, -0.1) is 10.2 Å². The van der Waals surface area contributed by atoms with Crippen molar-refractivity contribution in [1.82, 2.24) is 24.7 Å². The summed E-state index contributed by atoms with van der Waals surface area (Å²) in [6.07, 6.45) is 3.63. The molecule has 1 N–H and O–H groups in total. The van der Waals surface area contributed by atoms with Crippen LogP contribution in [0.3, 0.4) is 0 Å². The second-order valence-electron chi connectivity index (χ2n) is 6.89. The van der Waals surface area contributed by atoms with E-state index in [4.69, 9.17) is 4.74 Å². The van der Waals surface area contributed by atoms with Crippen LogP contribution >= 0.6 is 0 Å². The van der Waals surface area contributed by atoms with Crippen molar-refractivity contribution in [3.63, 3.8) is 0 Å². The summed E-state index contributed by atoms with van der Waals surface area (Å²) in [7, 11) is 1.58. The molecule has 30 heavy (non-hydrogen) atoms. The van der Waals surface area contributed by atoms with Crippen molar-refractivity contribution in [1.29, 1.82) is 0 Å². The summed E-state index contributed by atoms with van der Waals surface area (Å²) in [6.45, 7) is 4.40. The minimum atomic E-state index is -0.254. The molecule has 0 aliphatic rings. The molecule has 7 nitrogen and oxygen atoms in total. The van der Waals surface area contributed by atoms with Crippen LogP contribution in [-0.4, -0.2) is 31.8 Å². The third-order valence-electron chi connectivity index (χ3n) is 4.64. The van der Waals surface area contributed by atoms with Gasteiger partial charge in [0.15, 0.2) is 5.82 Å². The summed E-state index contributed by atoms with van der Waals surface area (Å²) in [4.78, 5) is 8.84. The summed E-state index contributed by atoms with van der Waals surface area (Å²) >= 11 is 0. The highest BCUT2D eigenvalue weighted by Gasteiger charge is 2.12. The summed E-state index contributed by atoms with van der Waals surface area (Å²) in [5, 5.41) is 11.8. The molecule has 152 valence electrons. The number of hydrogen-bond acceptors (Lipinski definition) is 6. The number of hydrogen-bond donors (Lipinski definition) is 1. The standard InChI is InChI=1S/C22H21FN6O/c1-14-10-19(27-28-21(14)24-11-16-4-6-17(23)7-5-16)18-8-9-20(22(26-18)30-3)29-12-15(2)25-13-29/h4-10,12-13H,11H2,1-3H3,(H,24,28). The fraction of sp³-hybridized carbons (Fsp3) is 0.182. The van der Waals surface area contributed by atoms with Gasteiger partial charge in [-0.1, -0.05) is 12.1 Å². The predicted molar refractivity (Wildman–Crippen MR) is 112 cm³/mol. The highest BCUT2D eigenvalue weighted by molar-refractivity contribution is 5.61. The maximum atomic E-state index is 13.0. The minimum Gasteiger partial charge on any atom is -0.479 e. The molecule has 0 spiro atoms. The van der Waals surface area contributed by atoms with E-state index in [0.717, 1.165) is 22.5 Å². The number of ether oxygens (including phenoxy) is 1. The van der Waals surface area contributed by atoms with Gasteiger partial charge >= 0.3 is 0 Å². The molecular weight excluding hydrogens is 383 g/mol. The van der Waals surface area contributed by atoms with E-state index in [0.29, 0.717) is 29.6 Å². The first-order valence-corrected chi connectivity index (χ1v) is 9.42. The topological polar surface area (TPSA) is 77.8 Å². The Morgan fingerprint density at radius 3 is 2.50 bits per heavy atom. The van der Waals surface area contributed by atoms with Gasteiger partial charge in [-0.05, 0) is 55.3 Å². The number of benzene rings is 1. The summed E-state index contributed by atoms with van der Waals surface area (Å²) in [5.74, 6) is 0.889. The molecule has 0 saturated heterocycles. The Bertz CT molecular complexity index is 1170. The molecule has 0 saturated carbocycles. The Labute approximate surface area is 173 Å². The van der Waals surface area contributed by atoms with E-state index in [1.54, 1.807) is 25.6 Å². The minimum absolute atomic E-state index is 0.254. The second-order valence-corrected chi connectivity index (χ2v) is 6.89. The number of methoxy groups -OCH3 is 1. The van der Waals surface area contributed by atoms with E-state index in [-0.39, 0.29) is 5.82 Å². The third-order valence-corrected chi connectivity index (χ3v) is 4.64. The van der Waals surface area contributed by atoms with Crippen LogP contribution in [0.4, 0.5) is 10.2 Å². The lowest BCUT2D eigenvalue weighted by Gasteiger charge is -2.11. The molecule has 8 heteroatoms. The average molecular weight is 404 g/mol. The number of aromatic nitrogens is 5. The molecule has 0 aliphatic carbocycles. The lowest BCUT2D eigenvalue weighted by Crippen LogP contribution is -2.05. The number of rotatable bonds is 6. The van der Waals surface area contributed by atoms with Crippen molar-refractivity contribution < 1.29 is 9.13 Å². The van der Waals surface area contributed by atoms with E-state index < -0.39 is 0 Å². The first-order valence-electron chi connectivity index (χ1n) is 9.42. The molecule has 0 amide bonds.